The molecule has 1 heterocycles. The predicted octanol–water partition coefficient (Wildman–Crippen LogP) is 3.46. The number of carbonyl (C=O) groups excluding carboxylic acids is 2. The molecule has 3 atom stereocenters. The van der Waals surface area contributed by atoms with Gasteiger partial charge in [-0.2, -0.15) is 13.2 Å². The molecule has 1 aliphatic rings. The van der Waals surface area contributed by atoms with Crippen LogP contribution in [0.1, 0.15) is 29.8 Å². The monoisotopic (exact) mass is 572 g/mol. The maximum atomic E-state index is 13.5. The van der Waals surface area contributed by atoms with Crippen molar-refractivity contribution in [1.82, 2.24) is 9.21 Å². The van der Waals surface area contributed by atoms with E-state index in [2.05, 4.69) is 10.6 Å². The second-order valence-electron chi connectivity index (χ2n) is 9.53. The van der Waals surface area contributed by atoms with Crippen LogP contribution in [0.15, 0.2) is 42.5 Å². The van der Waals surface area contributed by atoms with Gasteiger partial charge in [0.15, 0.2) is 0 Å². The highest BCUT2D eigenvalue weighted by Crippen LogP contribution is 2.32. The largest absolute Gasteiger partial charge is 0.488 e. The SMILES string of the molecule is C[C@@H]1CN([C@H](C)CO)C(=O)c2cc(NC(=O)Nc3ccc(C(F)(F)F)cc3)ccc2O[C@@H]1CN(C)S(C)(=O)=O. The maximum absolute atomic E-state index is 13.5. The molecular weight excluding hydrogens is 541 g/mol. The molecule has 0 unspecified atom stereocenters. The summed E-state index contributed by atoms with van der Waals surface area (Å²) in [5.41, 5.74) is -0.446. The number of nitrogens with zero attached hydrogens (tertiary/aromatic N) is 2. The van der Waals surface area contributed by atoms with E-state index in [9.17, 15) is 36.3 Å². The van der Waals surface area contributed by atoms with Crippen LogP contribution in [0.25, 0.3) is 0 Å². The maximum Gasteiger partial charge on any atom is 0.416 e. The van der Waals surface area contributed by atoms with Gasteiger partial charge in [-0.25, -0.2) is 17.5 Å². The second-order valence-corrected chi connectivity index (χ2v) is 11.6. The first-order chi connectivity index (χ1) is 18.1. The van der Waals surface area contributed by atoms with Crippen LogP contribution in [0.4, 0.5) is 29.3 Å². The fourth-order valence-electron chi connectivity index (χ4n) is 3.94. The minimum Gasteiger partial charge on any atom is -0.488 e. The third-order valence-corrected chi connectivity index (χ3v) is 7.68. The third-order valence-electron chi connectivity index (χ3n) is 6.40. The molecule has 14 heteroatoms. The fraction of sp³-hybridized carbons (Fsp3) is 0.440. The van der Waals surface area contributed by atoms with E-state index in [1.807, 2.05) is 6.92 Å². The molecule has 214 valence electrons. The average Bonchev–Trinajstić information content (AvgIpc) is 2.85. The van der Waals surface area contributed by atoms with E-state index in [0.29, 0.717) is 0 Å². The molecule has 0 saturated heterocycles. The summed E-state index contributed by atoms with van der Waals surface area (Å²) in [5, 5.41) is 14.7. The molecule has 3 N–H and O–H groups in total. The van der Waals surface area contributed by atoms with Gasteiger partial charge >= 0.3 is 12.2 Å². The van der Waals surface area contributed by atoms with Crippen LogP contribution in [0.3, 0.4) is 0 Å². The fourth-order valence-corrected chi connectivity index (χ4v) is 4.36. The first kappa shape index (κ1) is 30.2. The van der Waals surface area contributed by atoms with Crippen LogP contribution < -0.4 is 15.4 Å². The van der Waals surface area contributed by atoms with Crippen LogP contribution in [0, 0.1) is 5.92 Å². The molecule has 3 amide bonds. The van der Waals surface area contributed by atoms with E-state index in [0.717, 1.165) is 34.8 Å². The molecule has 1 aliphatic heterocycles. The van der Waals surface area contributed by atoms with Crippen molar-refractivity contribution >= 4 is 33.3 Å². The van der Waals surface area contributed by atoms with Gasteiger partial charge in [-0.3, -0.25) is 4.79 Å². The topological polar surface area (TPSA) is 128 Å². The Labute approximate surface area is 224 Å². The number of likely N-dealkylation sites (N-methyl/N-ethyl adjacent to an activating group) is 1. The minimum absolute atomic E-state index is 0.0184. The van der Waals surface area contributed by atoms with Crippen molar-refractivity contribution in [1.29, 1.82) is 0 Å². The number of urea groups is 1. The molecule has 0 bridgehead atoms. The zero-order valence-corrected chi connectivity index (χ0v) is 22.6. The normalized spacial score (nSPS) is 19.0. The molecular formula is C25H31F3N4O6S. The molecule has 39 heavy (non-hydrogen) atoms. The summed E-state index contributed by atoms with van der Waals surface area (Å²) in [6, 6.07) is 6.92. The van der Waals surface area contributed by atoms with E-state index in [4.69, 9.17) is 4.74 Å². The van der Waals surface area contributed by atoms with Gasteiger partial charge < -0.3 is 25.4 Å². The van der Waals surface area contributed by atoms with Gasteiger partial charge in [0.25, 0.3) is 5.91 Å². The number of fused-ring (bicyclic) bond motifs is 1. The number of nitrogens with one attached hydrogen (secondary N) is 2. The van der Waals surface area contributed by atoms with Gasteiger partial charge in [0.05, 0.1) is 36.6 Å². The lowest BCUT2D eigenvalue weighted by molar-refractivity contribution is -0.137. The number of amides is 3. The Balaban J connectivity index is 1.86. The van der Waals surface area contributed by atoms with Gasteiger partial charge in [-0.05, 0) is 49.4 Å². The number of ether oxygens (including phenoxy) is 1. The Hall–Kier alpha value is -3.36. The van der Waals surface area contributed by atoms with E-state index in [1.54, 1.807) is 6.92 Å². The molecule has 10 nitrogen and oxygen atoms in total. The van der Waals surface area contributed by atoms with E-state index in [1.165, 1.54) is 30.1 Å². The molecule has 0 spiro atoms. The first-order valence-corrected chi connectivity index (χ1v) is 13.8. The first-order valence-electron chi connectivity index (χ1n) is 12.0. The molecule has 3 rings (SSSR count). The number of anilines is 2. The molecule has 0 aliphatic carbocycles. The Morgan fingerprint density at radius 3 is 2.33 bits per heavy atom. The van der Waals surface area contributed by atoms with Crippen molar-refractivity contribution in [2.45, 2.75) is 32.2 Å². The van der Waals surface area contributed by atoms with Crippen molar-refractivity contribution in [3.05, 3.63) is 53.6 Å². The van der Waals surface area contributed by atoms with E-state index >= 15 is 0 Å². The third kappa shape index (κ3) is 7.61. The second kappa shape index (κ2) is 11.8. The molecule has 2 aromatic rings. The molecule has 2 aromatic carbocycles. The Kier molecular flexibility index (Phi) is 9.13. The smallest absolute Gasteiger partial charge is 0.416 e. The highest BCUT2D eigenvalue weighted by atomic mass is 32.2. The number of halogens is 3. The summed E-state index contributed by atoms with van der Waals surface area (Å²) in [6.45, 7) is 3.37. The Bertz CT molecular complexity index is 1300. The van der Waals surface area contributed by atoms with Crippen molar-refractivity contribution in [2.75, 3.05) is 43.6 Å². The van der Waals surface area contributed by atoms with E-state index < -0.39 is 45.8 Å². The number of rotatable bonds is 7. The van der Waals surface area contributed by atoms with Gasteiger partial charge in [-0.1, -0.05) is 6.92 Å². The summed E-state index contributed by atoms with van der Waals surface area (Å²) in [5.74, 6) is -0.588. The zero-order valence-electron chi connectivity index (χ0n) is 21.8. The highest BCUT2D eigenvalue weighted by molar-refractivity contribution is 7.88. The highest BCUT2D eigenvalue weighted by Gasteiger charge is 2.34. The van der Waals surface area contributed by atoms with Crippen LogP contribution in [-0.4, -0.2) is 79.8 Å². The number of carbonyl (C=O) groups is 2. The van der Waals surface area contributed by atoms with Gasteiger partial charge in [-0.15, -0.1) is 0 Å². The number of hydrogen-bond acceptors (Lipinski definition) is 6. The number of sulfonamides is 1. The van der Waals surface area contributed by atoms with Crippen LogP contribution in [-0.2, 0) is 16.2 Å². The lowest BCUT2D eigenvalue weighted by Gasteiger charge is -2.38. The number of aliphatic hydroxyl groups excluding tert-OH is 1. The standard InChI is InChI=1S/C25H31F3N4O6S/c1-15-12-32(16(2)14-33)23(34)20-11-19(9-10-21(20)38-22(15)13-31(3)39(4,36)37)30-24(35)29-18-7-5-17(6-8-18)25(26,27)28/h5-11,15-16,22,33H,12-14H2,1-4H3,(H2,29,30,35)/t15-,16-,22-/m1/s1. The quantitative estimate of drug-likeness (QED) is 0.466. The minimum atomic E-state index is -4.51. The molecule has 0 saturated carbocycles. The van der Waals surface area contributed by atoms with Crippen LogP contribution in [0.5, 0.6) is 5.75 Å². The van der Waals surface area contributed by atoms with Crippen molar-refractivity contribution in [3.8, 4) is 5.75 Å². The number of benzene rings is 2. The summed E-state index contributed by atoms with van der Waals surface area (Å²) < 4.78 is 69.6. The predicted molar refractivity (Wildman–Crippen MR) is 139 cm³/mol. The summed E-state index contributed by atoms with van der Waals surface area (Å²) >= 11 is 0. The molecule has 0 fully saturated rings. The van der Waals surface area contributed by atoms with Crippen molar-refractivity contribution in [2.24, 2.45) is 5.92 Å². The number of hydrogen-bond donors (Lipinski definition) is 3. The summed E-state index contributed by atoms with van der Waals surface area (Å²) in [4.78, 5) is 27.4. The lowest BCUT2D eigenvalue weighted by Crippen LogP contribution is -2.50. The van der Waals surface area contributed by atoms with Gasteiger partial charge in [0, 0.05) is 30.9 Å². The van der Waals surface area contributed by atoms with Crippen molar-refractivity contribution in [3.63, 3.8) is 0 Å². The van der Waals surface area contributed by atoms with Crippen LogP contribution >= 0.6 is 0 Å². The number of alkyl halides is 3. The van der Waals surface area contributed by atoms with Crippen molar-refractivity contribution < 1.29 is 41.0 Å². The summed E-state index contributed by atoms with van der Waals surface area (Å²) in [6.07, 6.45) is -4.06. The average molecular weight is 573 g/mol. The van der Waals surface area contributed by atoms with Crippen LogP contribution in [0.2, 0.25) is 0 Å². The van der Waals surface area contributed by atoms with Gasteiger partial charge in [0.1, 0.15) is 11.9 Å². The van der Waals surface area contributed by atoms with Gasteiger partial charge in [0.2, 0.25) is 10.0 Å². The Morgan fingerprint density at radius 2 is 1.77 bits per heavy atom. The lowest BCUT2D eigenvalue weighted by atomic mass is 9.99. The molecule has 0 aromatic heterocycles. The zero-order chi connectivity index (χ0) is 29.1. The summed E-state index contributed by atoms with van der Waals surface area (Å²) in [7, 11) is -2.08. The number of aliphatic hydroxyl groups is 1. The van der Waals surface area contributed by atoms with E-state index in [-0.39, 0.29) is 48.3 Å². The Morgan fingerprint density at radius 1 is 1.18 bits per heavy atom. The molecule has 0 radical (unpaired) electrons.